The number of hydrogen-bond acceptors (Lipinski definition) is 2. The van der Waals surface area contributed by atoms with Crippen LogP contribution in [-0.4, -0.2) is 0 Å². The second-order valence-corrected chi connectivity index (χ2v) is 5.11. The van der Waals surface area contributed by atoms with Crippen LogP contribution in [0.3, 0.4) is 0 Å². The second kappa shape index (κ2) is 5.85. The summed E-state index contributed by atoms with van der Waals surface area (Å²) in [7, 11) is 0. The van der Waals surface area contributed by atoms with E-state index in [0.717, 1.165) is 15.7 Å². The monoisotopic (exact) mass is 318 g/mol. The van der Waals surface area contributed by atoms with Crippen LogP contribution in [0.5, 0.6) is 0 Å². The van der Waals surface area contributed by atoms with Crippen molar-refractivity contribution in [3.8, 4) is 6.07 Å². The molecule has 96 valence electrons. The van der Waals surface area contributed by atoms with Crippen LogP contribution in [0.25, 0.3) is 0 Å². The lowest BCUT2D eigenvalue weighted by atomic mass is 10.1. The Morgan fingerprint density at radius 1 is 1.32 bits per heavy atom. The summed E-state index contributed by atoms with van der Waals surface area (Å²) in [5.74, 6) is -0.261. The summed E-state index contributed by atoms with van der Waals surface area (Å²) in [5, 5.41) is 12.2. The van der Waals surface area contributed by atoms with Gasteiger partial charge in [-0.25, -0.2) is 4.39 Å². The number of aryl methyl sites for hydroxylation is 1. The Labute approximate surface area is 120 Å². The van der Waals surface area contributed by atoms with E-state index in [9.17, 15) is 4.39 Å². The first-order valence-electron chi connectivity index (χ1n) is 5.79. The summed E-state index contributed by atoms with van der Waals surface area (Å²) >= 11 is 3.32. The number of nitrogens with one attached hydrogen (secondary N) is 1. The van der Waals surface area contributed by atoms with Gasteiger partial charge in [-0.3, -0.25) is 0 Å². The van der Waals surface area contributed by atoms with Gasteiger partial charge in [-0.05, 0) is 36.8 Å². The summed E-state index contributed by atoms with van der Waals surface area (Å²) in [6.07, 6.45) is 0. The predicted octanol–water partition coefficient (Wildman–Crippen LogP) is 4.38. The maximum Gasteiger partial charge on any atom is 0.128 e. The fourth-order valence-electron chi connectivity index (χ4n) is 1.86. The van der Waals surface area contributed by atoms with Crippen LogP contribution in [0.2, 0.25) is 0 Å². The number of nitrogens with zero attached hydrogens (tertiary/aromatic N) is 1. The number of nitriles is 1. The van der Waals surface area contributed by atoms with Gasteiger partial charge in [-0.2, -0.15) is 5.26 Å². The van der Waals surface area contributed by atoms with Crippen molar-refractivity contribution >= 4 is 21.6 Å². The Morgan fingerprint density at radius 3 is 2.84 bits per heavy atom. The lowest BCUT2D eigenvalue weighted by molar-refractivity contribution is 0.612. The van der Waals surface area contributed by atoms with E-state index in [1.807, 2.05) is 19.1 Å². The number of hydrogen-bond donors (Lipinski definition) is 1. The molecule has 0 aliphatic rings. The van der Waals surface area contributed by atoms with Crippen molar-refractivity contribution in [2.24, 2.45) is 0 Å². The third kappa shape index (κ3) is 3.12. The quantitative estimate of drug-likeness (QED) is 0.911. The van der Waals surface area contributed by atoms with Gasteiger partial charge in [0.05, 0.1) is 11.3 Å². The van der Waals surface area contributed by atoms with Crippen molar-refractivity contribution in [3.05, 3.63) is 63.4 Å². The molecule has 0 aromatic heterocycles. The molecule has 1 N–H and O–H groups in total. The molecule has 0 bridgehead atoms. The highest BCUT2D eigenvalue weighted by atomic mass is 79.9. The van der Waals surface area contributed by atoms with Crippen molar-refractivity contribution in [2.45, 2.75) is 13.5 Å². The zero-order valence-electron chi connectivity index (χ0n) is 10.4. The normalized spacial score (nSPS) is 10.0. The first-order chi connectivity index (χ1) is 9.11. The van der Waals surface area contributed by atoms with Crippen LogP contribution in [0.4, 0.5) is 10.1 Å². The average molecular weight is 319 g/mol. The summed E-state index contributed by atoms with van der Waals surface area (Å²) in [5.41, 5.74) is 2.84. The minimum Gasteiger partial charge on any atom is -0.380 e. The zero-order chi connectivity index (χ0) is 13.8. The molecule has 0 radical (unpaired) electrons. The maximum atomic E-state index is 13.6. The molecule has 4 heteroatoms. The van der Waals surface area contributed by atoms with E-state index < -0.39 is 0 Å². The Bertz CT molecular complexity index is 647. The van der Waals surface area contributed by atoms with E-state index in [1.165, 1.54) is 6.07 Å². The molecule has 0 fully saturated rings. The molecule has 2 aromatic carbocycles. The minimum atomic E-state index is -0.261. The maximum absolute atomic E-state index is 13.6. The molecule has 0 saturated heterocycles. The molecular weight excluding hydrogens is 307 g/mol. The summed E-state index contributed by atoms with van der Waals surface area (Å²) in [6, 6.07) is 12.4. The number of benzene rings is 2. The first kappa shape index (κ1) is 13.6. The fourth-order valence-corrected chi connectivity index (χ4v) is 2.27. The molecule has 0 aliphatic carbocycles. The third-order valence-electron chi connectivity index (χ3n) is 2.86. The largest absolute Gasteiger partial charge is 0.380 e. The van der Waals surface area contributed by atoms with E-state index >= 15 is 0 Å². The summed E-state index contributed by atoms with van der Waals surface area (Å²) in [4.78, 5) is 0. The van der Waals surface area contributed by atoms with Crippen LogP contribution in [0.1, 0.15) is 16.7 Å². The first-order valence-corrected chi connectivity index (χ1v) is 6.58. The molecule has 2 rings (SSSR count). The average Bonchev–Trinajstić information content (AvgIpc) is 2.40. The van der Waals surface area contributed by atoms with Gasteiger partial charge in [0.25, 0.3) is 0 Å². The molecule has 0 spiro atoms. The third-order valence-corrected chi connectivity index (χ3v) is 3.35. The van der Waals surface area contributed by atoms with Gasteiger partial charge in [0.15, 0.2) is 0 Å². The summed E-state index contributed by atoms with van der Waals surface area (Å²) in [6.45, 7) is 2.26. The standard InChI is InChI=1S/C15H12BrFN2/c1-10-3-2-4-11(8-18)15(10)19-9-12-7-13(16)5-6-14(12)17/h2-7,19H,9H2,1H3. The highest BCUT2D eigenvalue weighted by molar-refractivity contribution is 9.10. The predicted molar refractivity (Wildman–Crippen MR) is 77.3 cm³/mol. The Morgan fingerprint density at radius 2 is 2.11 bits per heavy atom. The molecule has 0 unspecified atom stereocenters. The van der Waals surface area contributed by atoms with E-state index in [0.29, 0.717) is 17.7 Å². The zero-order valence-corrected chi connectivity index (χ0v) is 12.0. The van der Waals surface area contributed by atoms with Crippen molar-refractivity contribution in [1.82, 2.24) is 0 Å². The molecule has 19 heavy (non-hydrogen) atoms. The molecule has 0 atom stereocenters. The number of anilines is 1. The van der Waals surface area contributed by atoms with Gasteiger partial charge in [0.1, 0.15) is 11.9 Å². The minimum absolute atomic E-state index is 0.261. The molecule has 2 nitrogen and oxygen atoms in total. The van der Waals surface area contributed by atoms with Crippen molar-refractivity contribution in [1.29, 1.82) is 5.26 Å². The SMILES string of the molecule is Cc1cccc(C#N)c1NCc1cc(Br)ccc1F. The van der Waals surface area contributed by atoms with Gasteiger partial charge in [0.2, 0.25) is 0 Å². The number of para-hydroxylation sites is 1. The van der Waals surface area contributed by atoms with Crippen LogP contribution in [0.15, 0.2) is 40.9 Å². The lowest BCUT2D eigenvalue weighted by Gasteiger charge is -2.12. The molecular formula is C15H12BrFN2. The molecule has 0 amide bonds. The van der Waals surface area contributed by atoms with Gasteiger partial charge < -0.3 is 5.32 Å². The Kier molecular flexibility index (Phi) is 4.18. The van der Waals surface area contributed by atoms with Crippen molar-refractivity contribution in [2.75, 3.05) is 5.32 Å². The van der Waals surface area contributed by atoms with Crippen molar-refractivity contribution in [3.63, 3.8) is 0 Å². The lowest BCUT2D eigenvalue weighted by Crippen LogP contribution is -2.05. The van der Waals surface area contributed by atoms with Crippen molar-refractivity contribution < 1.29 is 4.39 Å². The van der Waals surface area contributed by atoms with Gasteiger partial charge >= 0.3 is 0 Å². The topological polar surface area (TPSA) is 35.8 Å². The van der Waals surface area contributed by atoms with E-state index in [2.05, 4.69) is 27.3 Å². The molecule has 2 aromatic rings. The highest BCUT2D eigenvalue weighted by Crippen LogP contribution is 2.22. The van der Waals surface area contributed by atoms with Crippen LogP contribution < -0.4 is 5.32 Å². The molecule has 0 aliphatic heterocycles. The Hall–Kier alpha value is -1.86. The summed E-state index contributed by atoms with van der Waals surface area (Å²) < 4.78 is 14.5. The van der Waals surface area contributed by atoms with Crippen LogP contribution >= 0.6 is 15.9 Å². The van der Waals surface area contributed by atoms with E-state index in [-0.39, 0.29) is 5.82 Å². The van der Waals surface area contributed by atoms with Gasteiger partial charge in [-0.1, -0.05) is 28.1 Å². The van der Waals surface area contributed by atoms with E-state index in [1.54, 1.807) is 18.2 Å². The Balaban J connectivity index is 2.24. The van der Waals surface area contributed by atoms with Gasteiger partial charge in [-0.15, -0.1) is 0 Å². The fraction of sp³-hybridized carbons (Fsp3) is 0.133. The smallest absolute Gasteiger partial charge is 0.128 e. The molecule has 0 heterocycles. The number of rotatable bonds is 3. The van der Waals surface area contributed by atoms with Crippen LogP contribution in [0, 0.1) is 24.1 Å². The number of halogens is 2. The van der Waals surface area contributed by atoms with Gasteiger partial charge in [0, 0.05) is 16.6 Å². The second-order valence-electron chi connectivity index (χ2n) is 4.20. The van der Waals surface area contributed by atoms with Crippen LogP contribution in [-0.2, 0) is 6.54 Å². The van der Waals surface area contributed by atoms with E-state index in [4.69, 9.17) is 5.26 Å². The highest BCUT2D eigenvalue weighted by Gasteiger charge is 2.07. The molecule has 0 saturated carbocycles.